The molecule has 164 valence electrons. The smallest absolute Gasteiger partial charge is 0.254 e. The highest BCUT2D eigenvalue weighted by Gasteiger charge is 2.27. The van der Waals surface area contributed by atoms with E-state index in [1.165, 1.54) is 5.56 Å². The molecule has 0 fully saturated rings. The number of nitrogens with one attached hydrogen (secondary N) is 1. The van der Waals surface area contributed by atoms with Crippen LogP contribution in [0.1, 0.15) is 39.7 Å². The number of aliphatic hydroxyl groups is 1. The van der Waals surface area contributed by atoms with Crippen LogP contribution in [-0.2, 0) is 12.1 Å². The number of carbonyl (C=O) groups is 1. The number of amides is 1. The third-order valence-corrected chi connectivity index (χ3v) is 6.13. The normalized spacial score (nSPS) is 16.0. The summed E-state index contributed by atoms with van der Waals surface area (Å²) in [7, 11) is 3.87. The molecule has 2 N–H and O–H groups in total. The highest BCUT2D eigenvalue weighted by atomic mass is 16.5. The Labute approximate surface area is 183 Å². The van der Waals surface area contributed by atoms with Crippen molar-refractivity contribution in [1.29, 1.82) is 0 Å². The van der Waals surface area contributed by atoms with Gasteiger partial charge in [0.25, 0.3) is 5.91 Å². The Hall–Kier alpha value is -2.83. The number of ether oxygens (including phenoxy) is 1. The molecule has 6 heteroatoms. The zero-order valence-corrected chi connectivity index (χ0v) is 19.0. The van der Waals surface area contributed by atoms with Gasteiger partial charge < -0.3 is 24.6 Å². The molecular formula is C25H31N3O3. The molecule has 2 heterocycles. The number of fused-ring (bicyclic) bond motifs is 2. The van der Waals surface area contributed by atoms with Gasteiger partial charge in [-0.05, 0) is 76.3 Å². The van der Waals surface area contributed by atoms with E-state index in [9.17, 15) is 9.90 Å². The summed E-state index contributed by atoms with van der Waals surface area (Å²) in [5.41, 5.74) is 4.75. The van der Waals surface area contributed by atoms with Crippen LogP contribution in [0, 0.1) is 13.8 Å². The number of aryl methyl sites for hydroxylation is 2. The van der Waals surface area contributed by atoms with E-state index in [2.05, 4.69) is 11.9 Å². The first kappa shape index (κ1) is 21.4. The van der Waals surface area contributed by atoms with Crippen molar-refractivity contribution < 1.29 is 14.6 Å². The van der Waals surface area contributed by atoms with Gasteiger partial charge in [0.05, 0.1) is 12.1 Å². The van der Waals surface area contributed by atoms with Crippen LogP contribution < -0.4 is 4.74 Å². The fraction of sp³-hybridized carbons (Fsp3) is 0.400. The topological polar surface area (TPSA) is 68.8 Å². The molecule has 4 rings (SSSR count). The molecule has 0 aliphatic carbocycles. The predicted octanol–water partition coefficient (Wildman–Crippen LogP) is 3.59. The summed E-state index contributed by atoms with van der Waals surface area (Å²) in [6.45, 7) is 7.83. The average Bonchev–Trinajstić information content (AvgIpc) is 2.88. The standard InChI is InChI=1S/C25H31N3O3/c1-16-17(2)26-22-8-6-18(13-21(16)22)24(29)28-10-11-31-23-9-7-20(12-19(23)14-28)25(3,30)15-27(4)5/h6-9,12-13,26,30H,10-11,14-15H2,1-5H3. The van der Waals surface area contributed by atoms with Crippen molar-refractivity contribution in [2.24, 2.45) is 0 Å². The zero-order valence-electron chi connectivity index (χ0n) is 19.0. The van der Waals surface area contributed by atoms with Gasteiger partial charge in [-0.25, -0.2) is 0 Å². The highest BCUT2D eigenvalue weighted by Crippen LogP contribution is 2.30. The number of hydrogen-bond donors (Lipinski definition) is 2. The van der Waals surface area contributed by atoms with E-state index in [4.69, 9.17) is 4.74 Å². The van der Waals surface area contributed by atoms with Crippen LogP contribution in [0.5, 0.6) is 5.75 Å². The molecule has 0 saturated heterocycles. The molecule has 3 aromatic rings. The van der Waals surface area contributed by atoms with Crippen LogP contribution in [0.3, 0.4) is 0 Å². The van der Waals surface area contributed by atoms with Crippen molar-refractivity contribution in [3.63, 3.8) is 0 Å². The Morgan fingerprint density at radius 2 is 2.00 bits per heavy atom. The van der Waals surface area contributed by atoms with Crippen molar-refractivity contribution in [1.82, 2.24) is 14.8 Å². The van der Waals surface area contributed by atoms with Crippen molar-refractivity contribution in [3.05, 3.63) is 64.3 Å². The van der Waals surface area contributed by atoms with Crippen LogP contribution in [0.4, 0.5) is 0 Å². The van der Waals surface area contributed by atoms with E-state index in [0.717, 1.165) is 33.5 Å². The molecule has 1 aliphatic heterocycles. The predicted molar refractivity (Wildman–Crippen MR) is 123 cm³/mol. The summed E-state index contributed by atoms with van der Waals surface area (Å²) in [4.78, 5) is 20.5. The number of aromatic nitrogens is 1. The van der Waals surface area contributed by atoms with Gasteiger partial charge in [0.15, 0.2) is 0 Å². The number of hydrogen-bond acceptors (Lipinski definition) is 4. The number of benzene rings is 2. The van der Waals surface area contributed by atoms with E-state index >= 15 is 0 Å². The first-order valence-electron chi connectivity index (χ1n) is 10.7. The van der Waals surface area contributed by atoms with Crippen molar-refractivity contribution in [2.75, 3.05) is 33.8 Å². The second-order valence-electron chi connectivity index (χ2n) is 9.04. The van der Waals surface area contributed by atoms with Crippen LogP contribution >= 0.6 is 0 Å². The van der Waals surface area contributed by atoms with Crippen LogP contribution in [0.15, 0.2) is 36.4 Å². The highest BCUT2D eigenvalue weighted by molar-refractivity contribution is 5.99. The minimum Gasteiger partial charge on any atom is -0.491 e. The Balaban J connectivity index is 1.63. The summed E-state index contributed by atoms with van der Waals surface area (Å²) in [6, 6.07) is 11.6. The third-order valence-electron chi connectivity index (χ3n) is 6.13. The molecule has 31 heavy (non-hydrogen) atoms. The molecule has 0 radical (unpaired) electrons. The van der Waals surface area contributed by atoms with E-state index in [-0.39, 0.29) is 5.91 Å². The Morgan fingerprint density at radius 1 is 1.23 bits per heavy atom. The Kier molecular flexibility index (Phi) is 5.54. The lowest BCUT2D eigenvalue weighted by Gasteiger charge is -2.28. The van der Waals surface area contributed by atoms with E-state index in [1.54, 1.807) is 0 Å². The number of rotatable bonds is 4. The second kappa shape index (κ2) is 8.02. The van der Waals surface area contributed by atoms with Crippen LogP contribution in [-0.4, -0.2) is 59.6 Å². The van der Waals surface area contributed by atoms with Gasteiger partial charge in [-0.15, -0.1) is 0 Å². The lowest BCUT2D eigenvalue weighted by Crippen LogP contribution is -2.35. The fourth-order valence-corrected chi connectivity index (χ4v) is 4.39. The quantitative estimate of drug-likeness (QED) is 0.676. The Bertz CT molecular complexity index is 1130. The first-order valence-corrected chi connectivity index (χ1v) is 10.7. The van der Waals surface area contributed by atoms with Gasteiger partial charge in [-0.1, -0.05) is 6.07 Å². The summed E-state index contributed by atoms with van der Waals surface area (Å²) < 4.78 is 5.92. The first-order chi connectivity index (χ1) is 14.7. The maximum Gasteiger partial charge on any atom is 0.254 e. The largest absolute Gasteiger partial charge is 0.491 e. The van der Waals surface area contributed by atoms with Gasteiger partial charge in [-0.2, -0.15) is 0 Å². The van der Waals surface area contributed by atoms with Gasteiger partial charge in [0, 0.05) is 40.8 Å². The molecular weight excluding hydrogens is 390 g/mol. The molecule has 0 spiro atoms. The number of nitrogens with zero attached hydrogens (tertiary/aromatic N) is 2. The van der Waals surface area contributed by atoms with Crippen molar-refractivity contribution >= 4 is 16.8 Å². The SMILES string of the molecule is Cc1[nH]c2ccc(C(=O)N3CCOc4ccc(C(C)(O)CN(C)C)cc4C3)cc2c1C. The molecule has 1 amide bonds. The monoisotopic (exact) mass is 421 g/mol. The minimum atomic E-state index is -0.992. The maximum absolute atomic E-state index is 13.4. The van der Waals surface area contributed by atoms with Gasteiger partial charge in [-0.3, -0.25) is 4.79 Å². The number of aromatic amines is 1. The van der Waals surface area contributed by atoms with E-state index < -0.39 is 5.60 Å². The molecule has 1 atom stereocenters. The Morgan fingerprint density at radius 3 is 2.74 bits per heavy atom. The lowest BCUT2D eigenvalue weighted by atomic mass is 9.93. The number of carbonyl (C=O) groups excluding carboxylic acids is 1. The van der Waals surface area contributed by atoms with Gasteiger partial charge >= 0.3 is 0 Å². The van der Waals surface area contributed by atoms with Gasteiger partial charge in [0.1, 0.15) is 12.4 Å². The fourth-order valence-electron chi connectivity index (χ4n) is 4.39. The van der Waals surface area contributed by atoms with E-state index in [1.807, 2.05) is 74.1 Å². The van der Waals surface area contributed by atoms with Crippen molar-refractivity contribution in [2.45, 2.75) is 32.9 Å². The summed E-state index contributed by atoms with van der Waals surface area (Å²) in [5, 5.41) is 12.0. The number of likely N-dealkylation sites (N-methyl/N-ethyl adjacent to an activating group) is 1. The maximum atomic E-state index is 13.4. The minimum absolute atomic E-state index is 0.0120. The summed E-state index contributed by atoms with van der Waals surface area (Å²) in [6.07, 6.45) is 0. The molecule has 1 aromatic heterocycles. The molecule has 2 aromatic carbocycles. The average molecular weight is 422 g/mol. The summed E-state index contributed by atoms with van der Waals surface area (Å²) in [5.74, 6) is 0.759. The van der Waals surface area contributed by atoms with Crippen LogP contribution in [0.2, 0.25) is 0 Å². The van der Waals surface area contributed by atoms with Gasteiger partial charge in [0.2, 0.25) is 0 Å². The van der Waals surface area contributed by atoms with E-state index in [0.29, 0.717) is 31.8 Å². The molecule has 0 saturated carbocycles. The molecule has 1 unspecified atom stereocenters. The van der Waals surface area contributed by atoms with Crippen molar-refractivity contribution in [3.8, 4) is 5.75 Å². The molecule has 1 aliphatic rings. The summed E-state index contributed by atoms with van der Waals surface area (Å²) >= 11 is 0. The molecule has 0 bridgehead atoms. The molecule has 6 nitrogen and oxygen atoms in total. The third kappa shape index (κ3) is 4.18. The number of H-pyrrole nitrogens is 1. The zero-order chi connectivity index (χ0) is 22.3. The second-order valence-corrected chi connectivity index (χ2v) is 9.04. The van der Waals surface area contributed by atoms with Crippen LogP contribution in [0.25, 0.3) is 10.9 Å². The lowest BCUT2D eigenvalue weighted by molar-refractivity contribution is 0.0299.